The number of aliphatic hydroxyl groups is 1. The minimum atomic E-state index is -0.735. The van der Waals surface area contributed by atoms with Gasteiger partial charge in [0.05, 0.1) is 31.9 Å². The van der Waals surface area contributed by atoms with E-state index in [1.807, 2.05) is 24.3 Å². The van der Waals surface area contributed by atoms with E-state index >= 15 is 0 Å². The summed E-state index contributed by atoms with van der Waals surface area (Å²) in [6.07, 6.45) is 2.00. The molecule has 3 rings (SSSR count). The van der Waals surface area contributed by atoms with Gasteiger partial charge in [0.2, 0.25) is 0 Å². The summed E-state index contributed by atoms with van der Waals surface area (Å²) in [6, 6.07) is 13.3. The number of carbonyl (C=O) groups is 2. The monoisotopic (exact) mass is 439 g/mol. The molecule has 1 unspecified atom stereocenters. The molecule has 170 valence electrons. The molecule has 0 bridgehead atoms. The molecule has 0 saturated carbocycles. The van der Waals surface area contributed by atoms with E-state index < -0.39 is 17.7 Å². The average molecular weight is 440 g/mol. The van der Waals surface area contributed by atoms with Crippen LogP contribution >= 0.6 is 0 Å². The van der Waals surface area contributed by atoms with E-state index in [0.717, 1.165) is 12.8 Å². The molecule has 0 aromatic heterocycles. The molecule has 2 aromatic carbocycles. The molecule has 1 heterocycles. The van der Waals surface area contributed by atoms with Gasteiger partial charge in [-0.1, -0.05) is 37.6 Å². The zero-order chi connectivity index (χ0) is 23.1. The molecule has 7 heteroatoms. The summed E-state index contributed by atoms with van der Waals surface area (Å²) >= 11 is 0. The fraction of sp³-hybridized carbons (Fsp3) is 0.360. The number of carbonyl (C=O) groups excluding carboxylic acids is 2. The van der Waals surface area contributed by atoms with Gasteiger partial charge in [-0.3, -0.25) is 9.59 Å². The quantitative estimate of drug-likeness (QED) is 0.261. The number of ether oxygens (including phenoxy) is 3. The fourth-order valence-electron chi connectivity index (χ4n) is 3.65. The minimum Gasteiger partial charge on any atom is -0.507 e. The van der Waals surface area contributed by atoms with E-state index in [0.29, 0.717) is 29.2 Å². The number of unbranched alkanes of at least 4 members (excludes halogenated alkanes) is 1. The van der Waals surface area contributed by atoms with Crippen LogP contribution in [0.25, 0.3) is 5.76 Å². The minimum absolute atomic E-state index is 0.0407. The molecule has 1 N–H and O–H groups in total. The van der Waals surface area contributed by atoms with Gasteiger partial charge >= 0.3 is 0 Å². The van der Waals surface area contributed by atoms with E-state index in [1.165, 1.54) is 19.1 Å². The van der Waals surface area contributed by atoms with Crippen molar-refractivity contribution < 1.29 is 28.9 Å². The fourth-order valence-corrected chi connectivity index (χ4v) is 3.65. The van der Waals surface area contributed by atoms with Crippen molar-refractivity contribution in [1.29, 1.82) is 0 Å². The second kappa shape index (κ2) is 10.8. The van der Waals surface area contributed by atoms with Crippen molar-refractivity contribution in [3.63, 3.8) is 0 Å². The van der Waals surface area contributed by atoms with Gasteiger partial charge in [-0.25, -0.2) is 0 Å². The highest BCUT2D eigenvalue weighted by atomic mass is 16.5. The van der Waals surface area contributed by atoms with E-state index in [2.05, 4.69) is 6.92 Å². The number of likely N-dealkylation sites (tertiary alicyclic amines) is 1. The van der Waals surface area contributed by atoms with Gasteiger partial charge in [-0.15, -0.1) is 0 Å². The van der Waals surface area contributed by atoms with E-state index in [4.69, 9.17) is 14.2 Å². The first kappa shape index (κ1) is 23.3. The summed E-state index contributed by atoms with van der Waals surface area (Å²) in [4.78, 5) is 27.2. The van der Waals surface area contributed by atoms with Crippen molar-refractivity contribution in [2.75, 3.05) is 34.0 Å². The number of nitrogens with zero attached hydrogens (tertiary/aromatic N) is 1. The molecular formula is C25H29NO6. The lowest BCUT2D eigenvalue weighted by atomic mass is 9.95. The first-order valence-electron chi connectivity index (χ1n) is 10.7. The first-order chi connectivity index (χ1) is 15.5. The molecule has 1 aliphatic rings. The standard InChI is InChI=1S/C25H29NO6/c1-4-5-14-32-19-11-9-17(10-12-19)22-21(24(28)25(29)26(22)13-15-30-2)23(27)18-7-6-8-20(16-18)31-3/h6-12,16,22,27H,4-5,13-15H2,1-3H3. The van der Waals surface area contributed by atoms with Crippen LogP contribution in [0.3, 0.4) is 0 Å². The zero-order valence-electron chi connectivity index (χ0n) is 18.7. The molecular weight excluding hydrogens is 410 g/mol. The highest BCUT2D eigenvalue weighted by molar-refractivity contribution is 6.46. The molecule has 1 fully saturated rings. The summed E-state index contributed by atoms with van der Waals surface area (Å²) in [5.74, 6) is -0.387. The molecule has 7 nitrogen and oxygen atoms in total. The van der Waals surface area contributed by atoms with Crippen molar-refractivity contribution in [2.24, 2.45) is 0 Å². The summed E-state index contributed by atoms with van der Waals surface area (Å²) in [6.45, 7) is 3.20. The maximum absolute atomic E-state index is 13.0. The van der Waals surface area contributed by atoms with Crippen molar-refractivity contribution >= 4 is 17.4 Å². The lowest BCUT2D eigenvalue weighted by Crippen LogP contribution is -2.32. The van der Waals surface area contributed by atoms with Crippen molar-refractivity contribution in [1.82, 2.24) is 4.90 Å². The van der Waals surface area contributed by atoms with Gasteiger partial charge in [0.15, 0.2) is 0 Å². The Morgan fingerprint density at radius 3 is 2.44 bits per heavy atom. The molecule has 1 aliphatic heterocycles. The van der Waals surface area contributed by atoms with E-state index in [9.17, 15) is 14.7 Å². The summed E-state index contributed by atoms with van der Waals surface area (Å²) in [5, 5.41) is 11.1. The Morgan fingerprint density at radius 2 is 1.78 bits per heavy atom. The highest BCUT2D eigenvalue weighted by Gasteiger charge is 2.45. The topological polar surface area (TPSA) is 85.3 Å². The van der Waals surface area contributed by atoms with Gasteiger partial charge in [-0.05, 0) is 36.2 Å². The maximum atomic E-state index is 13.0. The Bertz CT molecular complexity index is 982. The molecule has 1 atom stereocenters. The van der Waals surface area contributed by atoms with Gasteiger partial charge in [0.1, 0.15) is 17.3 Å². The third-order valence-electron chi connectivity index (χ3n) is 5.38. The second-order valence-electron chi connectivity index (χ2n) is 7.49. The Balaban J connectivity index is 2.03. The number of rotatable bonds is 10. The van der Waals surface area contributed by atoms with Crippen LogP contribution in [0.5, 0.6) is 11.5 Å². The number of amides is 1. The third-order valence-corrected chi connectivity index (χ3v) is 5.38. The molecule has 1 saturated heterocycles. The predicted molar refractivity (Wildman–Crippen MR) is 121 cm³/mol. The molecule has 0 aliphatic carbocycles. The predicted octanol–water partition coefficient (Wildman–Crippen LogP) is 3.94. The highest BCUT2D eigenvalue weighted by Crippen LogP contribution is 2.40. The Kier molecular flexibility index (Phi) is 7.89. The van der Waals surface area contributed by atoms with Crippen LogP contribution in [-0.2, 0) is 14.3 Å². The van der Waals surface area contributed by atoms with Crippen LogP contribution in [0.4, 0.5) is 0 Å². The van der Waals surface area contributed by atoms with Crippen LogP contribution < -0.4 is 9.47 Å². The van der Waals surface area contributed by atoms with E-state index in [1.54, 1.807) is 24.3 Å². The smallest absolute Gasteiger partial charge is 0.295 e. The third kappa shape index (κ3) is 4.94. The Morgan fingerprint density at radius 1 is 1.03 bits per heavy atom. The molecule has 1 amide bonds. The molecule has 0 radical (unpaired) electrons. The average Bonchev–Trinajstić information content (AvgIpc) is 3.07. The number of aliphatic hydroxyl groups excluding tert-OH is 1. The van der Waals surface area contributed by atoms with E-state index in [-0.39, 0.29) is 24.5 Å². The van der Waals surface area contributed by atoms with Crippen LogP contribution in [0.1, 0.15) is 36.9 Å². The lowest BCUT2D eigenvalue weighted by Gasteiger charge is -2.25. The van der Waals surface area contributed by atoms with Crippen molar-refractivity contribution in [3.8, 4) is 11.5 Å². The summed E-state index contributed by atoms with van der Waals surface area (Å²) < 4.78 is 16.1. The normalized spacial score (nSPS) is 17.6. The van der Waals surface area contributed by atoms with Crippen LogP contribution in [0.15, 0.2) is 54.1 Å². The second-order valence-corrected chi connectivity index (χ2v) is 7.49. The number of ketones is 1. The number of hydrogen-bond donors (Lipinski definition) is 1. The van der Waals surface area contributed by atoms with Crippen LogP contribution in [0, 0.1) is 0 Å². The summed E-state index contributed by atoms with van der Waals surface area (Å²) in [5.41, 5.74) is 1.14. The van der Waals surface area contributed by atoms with Crippen molar-refractivity contribution in [2.45, 2.75) is 25.8 Å². The SMILES string of the molecule is CCCCOc1ccc(C2C(=C(O)c3cccc(OC)c3)C(=O)C(=O)N2CCOC)cc1. The van der Waals surface area contributed by atoms with Crippen molar-refractivity contribution in [3.05, 3.63) is 65.2 Å². The maximum Gasteiger partial charge on any atom is 0.295 e. The van der Waals surface area contributed by atoms with Gasteiger partial charge in [-0.2, -0.15) is 0 Å². The number of hydrogen-bond acceptors (Lipinski definition) is 6. The molecule has 2 aromatic rings. The first-order valence-corrected chi connectivity index (χ1v) is 10.7. The van der Waals surface area contributed by atoms with Gasteiger partial charge < -0.3 is 24.2 Å². The summed E-state index contributed by atoms with van der Waals surface area (Å²) in [7, 11) is 3.05. The van der Waals surface area contributed by atoms with Gasteiger partial charge in [0.25, 0.3) is 11.7 Å². The Hall–Kier alpha value is -3.32. The van der Waals surface area contributed by atoms with Crippen LogP contribution in [-0.4, -0.2) is 55.7 Å². The van der Waals surface area contributed by atoms with Gasteiger partial charge in [0, 0.05) is 19.2 Å². The lowest BCUT2D eigenvalue weighted by molar-refractivity contribution is -0.140. The zero-order valence-corrected chi connectivity index (χ0v) is 18.7. The van der Waals surface area contributed by atoms with Crippen LogP contribution in [0.2, 0.25) is 0 Å². The largest absolute Gasteiger partial charge is 0.507 e. The number of Topliss-reactive ketones (excluding diaryl/α,β-unsaturated/α-hetero) is 1. The molecule has 32 heavy (non-hydrogen) atoms. The number of methoxy groups -OCH3 is 2. The Labute approximate surface area is 188 Å². The number of benzene rings is 2. The molecule has 0 spiro atoms.